The van der Waals surface area contributed by atoms with Crippen LogP contribution in [0.1, 0.15) is 5.56 Å². The highest BCUT2D eigenvalue weighted by atomic mass is 35.5. The van der Waals surface area contributed by atoms with Gasteiger partial charge in [-0.15, -0.1) is 0 Å². The lowest BCUT2D eigenvalue weighted by Crippen LogP contribution is -2.04. The second-order valence-electron chi connectivity index (χ2n) is 4.58. The fourth-order valence-electron chi connectivity index (χ4n) is 1.91. The summed E-state index contributed by atoms with van der Waals surface area (Å²) in [5, 5.41) is 4.86. The van der Waals surface area contributed by atoms with Crippen LogP contribution in [-0.4, -0.2) is 33.6 Å². The summed E-state index contributed by atoms with van der Waals surface area (Å²) in [6, 6.07) is 10.7. The quantitative estimate of drug-likeness (QED) is 0.392. The average Bonchev–Trinajstić information content (AvgIpc) is 2.58. The molecule has 0 aliphatic carbocycles. The average molecular weight is 370 g/mol. The topological polar surface area (TPSA) is 49.3 Å². The van der Waals surface area contributed by atoms with Crippen LogP contribution in [0.25, 0.3) is 0 Å². The largest absolute Gasteiger partial charge is 0.493 e. The Balaban J connectivity index is 1.84. The maximum absolute atomic E-state index is 6.12. The molecule has 0 aliphatic rings. The van der Waals surface area contributed by atoms with Crippen LogP contribution in [0.15, 0.2) is 41.6 Å². The maximum atomic E-state index is 6.12. The van der Waals surface area contributed by atoms with E-state index in [1.54, 1.807) is 24.3 Å². The molecule has 0 atom stereocenters. The van der Waals surface area contributed by atoms with Crippen molar-refractivity contribution in [3.63, 3.8) is 0 Å². The number of benzene rings is 2. The molecule has 0 N–H and O–H groups in total. The summed E-state index contributed by atoms with van der Waals surface area (Å²) in [5.74, 6) is 1.61. The van der Waals surface area contributed by atoms with Crippen molar-refractivity contribution in [2.24, 2.45) is 5.16 Å². The van der Waals surface area contributed by atoms with Crippen LogP contribution in [0.3, 0.4) is 0 Å². The molecule has 2 aromatic rings. The van der Waals surface area contributed by atoms with E-state index in [9.17, 15) is 0 Å². The minimum absolute atomic E-state index is 0.281. The molecule has 7 heteroatoms. The number of rotatable bonds is 8. The number of hydrogen-bond acceptors (Lipinski definition) is 5. The van der Waals surface area contributed by atoms with Gasteiger partial charge in [0, 0.05) is 5.56 Å². The standard InChI is InChI=1S/C17H17Cl2NO4/c1-21-16-10-12(9-14(19)17(16)22-2)11-20-24-8-7-23-15-6-4-3-5-13(15)18/h3-6,9-11H,7-8H2,1-2H3/b20-11+. The molecular weight excluding hydrogens is 353 g/mol. The molecule has 0 saturated carbocycles. The lowest BCUT2D eigenvalue weighted by Gasteiger charge is -2.10. The number of para-hydroxylation sites is 1. The molecule has 2 aromatic carbocycles. The molecule has 0 spiro atoms. The van der Waals surface area contributed by atoms with Gasteiger partial charge >= 0.3 is 0 Å². The van der Waals surface area contributed by atoms with Crippen LogP contribution in [-0.2, 0) is 4.84 Å². The van der Waals surface area contributed by atoms with Crippen molar-refractivity contribution < 1.29 is 19.0 Å². The minimum Gasteiger partial charge on any atom is -0.493 e. The van der Waals surface area contributed by atoms with Gasteiger partial charge in [-0.2, -0.15) is 0 Å². The second kappa shape index (κ2) is 9.25. The Kier molecular flexibility index (Phi) is 7.03. The van der Waals surface area contributed by atoms with Crippen molar-refractivity contribution >= 4 is 29.4 Å². The number of nitrogens with zero attached hydrogens (tertiary/aromatic N) is 1. The first kappa shape index (κ1) is 18.2. The minimum atomic E-state index is 0.281. The molecule has 0 fully saturated rings. The lowest BCUT2D eigenvalue weighted by molar-refractivity contribution is 0.108. The first-order valence-electron chi connectivity index (χ1n) is 7.10. The third-order valence-corrected chi connectivity index (χ3v) is 3.59. The van der Waals surface area contributed by atoms with Crippen LogP contribution in [0.5, 0.6) is 17.2 Å². The number of ether oxygens (including phenoxy) is 3. The Morgan fingerprint density at radius 3 is 2.46 bits per heavy atom. The van der Waals surface area contributed by atoms with Crippen LogP contribution >= 0.6 is 23.2 Å². The maximum Gasteiger partial charge on any atom is 0.179 e. The molecule has 0 heterocycles. The fourth-order valence-corrected chi connectivity index (χ4v) is 2.40. The van der Waals surface area contributed by atoms with E-state index in [4.69, 9.17) is 42.3 Å². The first-order chi connectivity index (χ1) is 11.7. The molecule has 0 bridgehead atoms. The molecule has 0 aliphatic heterocycles. The molecule has 0 amide bonds. The van der Waals surface area contributed by atoms with Gasteiger partial charge in [0.1, 0.15) is 12.4 Å². The SMILES string of the molecule is COc1cc(/C=N/OCCOc2ccccc2Cl)cc(Cl)c1OC. The smallest absolute Gasteiger partial charge is 0.179 e. The number of methoxy groups -OCH3 is 2. The van der Waals surface area contributed by atoms with E-state index in [-0.39, 0.29) is 6.61 Å². The summed E-state index contributed by atoms with van der Waals surface area (Å²) in [6.45, 7) is 0.608. The Bertz CT molecular complexity index is 707. The van der Waals surface area contributed by atoms with Gasteiger partial charge in [0.2, 0.25) is 0 Å². The number of halogens is 2. The zero-order valence-electron chi connectivity index (χ0n) is 13.3. The van der Waals surface area contributed by atoms with E-state index in [2.05, 4.69) is 5.16 Å². The second-order valence-corrected chi connectivity index (χ2v) is 5.40. The molecule has 5 nitrogen and oxygen atoms in total. The van der Waals surface area contributed by atoms with Crippen molar-refractivity contribution in [1.29, 1.82) is 0 Å². The van der Waals surface area contributed by atoms with Gasteiger partial charge in [-0.3, -0.25) is 0 Å². The number of oxime groups is 1. The van der Waals surface area contributed by atoms with Crippen molar-refractivity contribution in [2.75, 3.05) is 27.4 Å². The highest BCUT2D eigenvalue weighted by molar-refractivity contribution is 6.32. The molecule has 0 unspecified atom stereocenters. The Morgan fingerprint density at radius 2 is 1.75 bits per heavy atom. The van der Waals surface area contributed by atoms with Crippen LogP contribution in [0, 0.1) is 0 Å². The Morgan fingerprint density at radius 1 is 0.958 bits per heavy atom. The normalized spacial score (nSPS) is 10.7. The Labute approximate surface area is 150 Å². The highest BCUT2D eigenvalue weighted by Crippen LogP contribution is 2.35. The van der Waals surface area contributed by atoms with Crippen molar-refractivity contribution in [3.05, 3.63) is 52.0 Å². The summed E-state index contributed by atoms with van der Waals surface area (Å²) in [6.07, 6.45) is 1.53. The van der Waals surface area contributed by atoms with Gasteiger partial charge in [0.25, 0.3) is 0 Å². The molecule has 24 heavy (non-hydrogen) atoms. The zero-order valence-corrected chi connectivity index (χ0v) is 14.8. The van der Waals surface area contributed by atoms with E-state index in [1.165, 1.54) is 20.4 Å². The van der Waals surface area contributed by atoms with E-state index in [0.29, 0.717) is 33.9 Å². The highest BCUT2D eigenvalue weighted by Gasteiger charge is 2.09. The zero-order chi connectivity index (χ0) is 17.4. The fraction of sp³-hybridized carbons (Fsp3) is 0.235. The molecule has 2 rings (SSSR count). The lowest BCUT2D eigenvalue weighted by atomic mass is 10.2. The first-order valence-corrected chi connectivity index (χ1v) is 7.85. The van der Waals surface area contributed by atoms with Crippen LogP contribution in [0.4, 0.5) is 0 Å². The van der Waals surface area contributed by atoms with Gasteiger partial charge in [-0.1, -0.05) is 40.5 Å². The third kappa shape index (κ3) is 4.94. The van der Waals surface area contributed by atoms with Crippen molar-refractivity contribution in [3.8, 4) is 17.2 Å². The molecule has 0 aromatic heterocycles. The summed E-state index contributed by atoms with van der Waals surface area (Å²) in [7, 11) is 3.07. The molecule has 128 valence electrons. The van der Waals surface area contributed by atoms with Gasteiger partial charge in [-0.05, 0) is 24.3 Å². The van der Waals surface area contributed by atoms with Gasteiger partial charge in [0.15, 0.2) is 18.1 Å². The van der Waals surface area contributed by atoms with Gasteiger partial charge < -0.3 is 19.0 Å². The Hall–Kier alpha value is -2.11. The molecular formula is C17H17Cl2NO4. The summed E-state index contributed by atoms with van der Waals surface area (Å²) >= 11 is 12.1. The van der Waals surface area contributed by atoms with E-state index in [0.717, 1.165) is 5.56 Å². The van der Waals surface area contributed by atoms with Gasteiger partial charge in [-0.25, -0.2) is 0 Å². The van der Waals surface area contributed by atoms with Crippen molar-refractivity contribution in [1.82, 2.24) is 0 Å². The van der Waals surface area contributed by atoms with Crippen LogP contribution < -0.4 is 14.2 Å². The third-order valence-electron chi connectivity index (χ3n) is 3.00. The number of hydrogen-bond donors (Lipinski definition) is 0. The van der Waals surface area contributed by atoms with E-state index < -0.39 is 0 Å². The monoisotopic (exact) mass is 369 g/mol. The molecule has 0 saturated heterocycles. The van der Waals surface area contributed by atoms with Crippen molar-refractivity contribution in [2.45, 2.75) is 0 Å². The predicted molar refractivity (Wildman–Crippen MR) is 95.0 cm³/mol. The summed E-state index contributed by atoms with van der Waals surface area (Å²) in [5.41, 5.74) is 0.727. The van der Waals surface area contributed by atoms with Gasteiger partial charge in [0.05, 0.1) is 30.5 Å². The van der Waals surface area contributed by atoms with E-state index >= 15 is 0 Å². The molecule has 0 radical (unpaired) electrons. The van der Waals surface area contributed by atoms with E-state index in [1.807, 2.05) is 12.1 Å². The summed E-state index contributed by atoms with van der Waals surface area (Å²) < 4.78 is 15.9. The van der Waals surface area contributed by atoms with Crippen LogP contribution in [0.2, 0.25) is 10.0 Å². The predicted octanol–water partition coefficient (Wildman–Crippen LogP) is 4.44. The summed E-state index contributed by atoms with van der Waals surface area (Å²) in [4.78, 5) is 5.16.